The minimum Gasteiger partial charge on any atom is -0.508 e. The maximum atomic E-state index is 10.3. The largest absolute Gasteiger partial charge is 0.508 e. The Morgan fingerprint density at radius 2 is 2.09 bits per heavy atom. The summed E-state index contributed by atoms with van der Waals surface area (Å²) in [5, 5.41) is 20.1. The molecule has 1 saturated carbocycles. The van der Waals surface area contributed by atoms with Gasteiger partial charge in [0.1, 0.15) is 11.5 Å². The monoisotopic (exact) mass is 306 g/mol. The van der Waals surface area contributed by atoms with Crippen LogP contribution in [0.3, 0.4) is 0 Å². The minimum absolute atomic E-state index is 0.174. The lowest BCUT2D eigenvalue weighted by Gasteiger charge is -2.27. The Bertz CT molecular complexity index is 458. The molecule has 124 valence electrons. The topological polar surface area (TPSA) is 49.7 Å². The number of phenols is 1. The van der Waals surface area contributed by atoms with Crippen LogP contribution in [0, 0.1) is 0 Å². The number of aliphatic hydroxyl groups is 1. The molecule has 0 heterocycles. The fraction of sp³-hybridized carbons (Fsp3) is 0.684. The average Bonchev–Trinajstić information content (AvgIpc) is 2.47. The summed E-state index contributed by atoms with van der Waals surface area (Å²) in [4.78, 5) is 0. The number of aromatic hydroxyl groups is 1. The van der Waals surface area contributed by atoms with E-state index in [1.54, 1.807) is 6.07 Å². The Morgan fingerprint density at radius 3 is 2.77 bits per heavy atom. The van der Waals surface area contributed by atoms with Crippen molar-refractivity contribution in [3.8, 4) is 11.5 Å². The summed E-state index contributed by atoms with van der Waals surface area (Å²) < 4.78 is 5.90. The van der Waals surface area contributed by atoms with Gasteiger partial charge in [-0.2, -0.15) is 0 Å². The number of aliphatic hydroxyl groups excluding tert-OH is 1. The molecule has 1 aromatic rings. The van der Waals surface area contributed by atoms with E-state index in [1.807, 2.05) is 12.1 Å². The third-order valence-electron chi connectivity index (χ3n) is 4.64. The zero-order valence-corrected chi connectivity index (χ0v) is 13.9. The number of unbranched alkanes of at least 4 members (excludes halogenated alkanes) is 2. The molecule has 2 rings (SSSR count). The molecule has 2 N–H and O–H groups in total. The van der Waals surface area contributed by atoms with Gasteiger partial charge < -0.3 is 14.9 Å². The van der Waals surface area contributed by atoms with Crippen molar-refractivity contribution in [1.82, 2.24) is 0 Å². The zero-order chi connectivity index (χ0) is 15.9. The highest BCUT2D eigenvalue weighted by Crippen LogP contribution is 2.38. The van der Waals surface area contributed by atoms with Crippen molar-refractivity contribution in [2.45, 2.75) is 83.3 Å². The average molecular weight is 306 g/mol. The van der Waals surface area contributed by atoms with E-state index in [1.165, 1.54) is 19.3 Å². The third-order valence-corrected chi connectivity index (χ3v) is 4.64. The van der Waals surface area contributed by atoms with Crippen molar-refractivity contribution >= 4 is 0 Å². The van der Waals surface area contributed by atoms with Crippen LogP contribution in [-0.2, 0) is 0 Å². The highest BCUT2D eigenvalue weighted by atomic mass is 16.5. The normalized spacial score (nSPS) is 23.2. The molecule has 0 aliphatic heterocycles. The fourth-order valence-corrected chi connectivity index (χ4v) is 3.36. The van der Waals surface area contributed by atoms with E-state index in [9.17, 15) is 10.2 Å². The van der Waals surface area contributed by atoms with Crippen molar-refractivity contribution in [1.29, 1.82) is 0 Å². The van der Waals surface area contributed by atoms with Gasteiger partial charge in [0, 0.05) is 6.07 Å². The Kier molecular flexibility index (Phi) is 6.56. The van der Waals surface area contributed by atoms with Crippen LogP contribution in [0.5, 0.6) is 11.5 Å². The molecule has 1 unspecified atom stereocenters. The van der Waals surface area contributed by atoms with Gasteiger partial charge in [-0.05, 0) is 56.6 Å². The second-order valence-electron chi connectivity index (χ2n) is 6.66. The molecule has 0 bridgehead atoms. The molecule has 0 radical (unpaired) electrons. The maximum absolute atomic E-state index is 10.3. The van der Waals surface area contributed by atoms with E-state index in [0.29, 0.717) is 5.75 Å². The molecule has 3 heteroatoms. The summed E-state index contributed by atoms with van der Waals surface area (Å²) in [5.74, 6) is 1.30. The van der Waals surface area contributed by atoms with E-state index in [2.05, 4.69) is 13.8 Å². The van der Waals surface area contributed by atoms with Gasteiger partial charge in [0.05, 0.1) is 12.2 Å². The lowest BCUT2D eigenvalue weighted by molar-refractivity contribution is 0.119. The summed E-state index contributed by atoms with van der Waals surface area (Å²) in [5.41, 5.74) is 0.949. The number of ether oxygens (including phenoxy) is 1. The number of rotatable bonds is 7. The molecule has 3 atom stereocenters. The summed E-state index contributed by atoms with van der Waals surface area (Å²) in [6.45, 7) is 4.28. The molecule has 1 fully saturated rings. The first-order valence-corrected chi connectivity index (χ1v) is 8.77. The molecular weight excluding hydrogens is 276 g/mol. The fourth-order valence-electron chi connectivity index (χ4n) is 3.36. The molecule has 22 heavy (non-hydrogen) atoms. The number of phenolic OH excluding ortho intramolecular Hbond substituents is 1. The van der Waals surface area contributed by atoms with Gasteiger partial charge in [0.15, 0.2) is 0 Å². The van der Waals surface area contributed by atoms with Gasteiger partial charge in [-0.15, -0.1) is 0 Å². The molecule has 1 aliphatic rings. The van der Waals surface area contributed by atoms with Crippen LogP contribution in [0.4, 0.5) is 0 Å². The first-order valence-electron chi connectivity index (χ1n) is 8.77. The van der Waals surface area contributed by atoms with E-state index in [0.717, 1.165) is 43.4 Å². The molecule has 0 aromatic heterocycles. The lowest BCUT2D eigenvalue weighted by Crippen LogP contribution is -2.18. The highest BCUT2D eigenvalue weighted by Gasteiger charge is 2.24. The summed E-state index contributed by atoms with van der Waals surface area (Å²) in [7, 11) is 0. The second kappa shape index (κ2) is 8.42. The van der Waals surface area contributed by atoms with E-state index in [4.69, 9.17) is 4.74 Å². The van der Waals surface area contributed by atoms with Crippen LogP contribution in [0.1, 0.15) is 76.7 Å². The van der Waals surface area contributed by atoms with Crippen molar-refractivity contribution in [3.05, 3.63) is 23.8 Å². The predicted molar refractivity (Wildman–Crippen MR) is 89.6 cm³/mol. The quantitative estimate of drug-likeness (QED) is 0.714. The van der Waals surface area contributed by atoms with E-state index in [-0.39, 0.29) is 18.1 Å². The summed E-state index contributed by atoms with van der Waals surface area (Å²) >= 11 is 0. The van der Waals surface area contributed by atoms with Crippen molar-refractivity contribution < 1.29 is 14.9 Å². The Labute approximate surface area is 134 Å². The first-order chi connectivity index (χ1) is 10.6. The van der Waals surface area contributed by atoms with Crippen molar-refractivity contribution in [3.63, 3.8) is 0 Å². The smallest absolute Gasteiger partial charge is 0.123 e. The van der Waals surface area contributed by atoms with Crippen molar-refractivity contribution in [2.24, 2.45) is 0 Å². The Hall–Kier alpha value is -1.22. The zero-order valence-electron chi connectivity index (χ0n) is 13.9. The third kappa shape index (κ3) is 4.91. The second-order valence-corrected chi connectivity index (χ2v) is 6.66. The first kappa shape index (κ1) is 17.1. The predicted octanol–water partition coefficient (Wildman–Crippen LogP) is 4.76. The summed E-state index contributed by atoms with van der Waals surface area (Å²) in [6.07, 6.45) is 8.33. The standard InChI is InChI=1S/C19H30O3/c1-3-4-5-7-14(2)22-17-10-11-18(19(21)13-17)15-8-6-9-16(20)12-15/h10-11,13-16,20-21H,3-9,12H2,1-2H3/t14?,15-,16+/m1/s1. The molecule has 1 aliphatic carbocycles. The number of hydrogen-bond donors (Lipinski definition) is 2. The van der Waals surface area contributed by atoms with Gasteiger partial charge in [-0.3, -0.25) is 0 Å². The molecule has 0 saturated heterocycles. The number of hydrogen-bond acceptors (Lipinski definition) is 3. The molecule has 1 aromatic carbocycles. The van der Waals surface area contributed by atoms with Gasteiger partial charge in [-0.25, -0.2) is 0 Å². The molecule has 0 spiro atoms. The lowest BCUT2D eigenvalue weighted by atomic mass is 9.82. The van der Waals surface area contributed by atoms with Crippen LogP contribution in [0.2, 0.25) is 0 Å². The number of benzene rings is 1. The SMILES string of the molecule is CCCCCC(C)Oc1ccc([C@@H]2CCC[C@H](O)C2)c(O)c1. The minimum atomic E-state index is -0.229. The Balaban J connectivity index is 1.94. The molecular formula is C19H30O3. The van der Waals surface area contributed by atoms with Crippen LogP contribution >= 0.6 is 0 Å². The van der Waals surface area contributed by atoms with Crippen LogP contribution in [0.25, 0.3) is 0 Å². The Morgan fingerprint density at radius 1 is 1.27 bits per heavy atom. The van der Waals surface area contributed by atoms with Crippen molar-refractivity contribution in [2.75, 3.05) is 0 Å². The van der Waals surface area contributed by atoms with Gasteiger partial charge in [0.2, 0.25) is 0 Å². The highest BCUT2D eigenvalue weighted by molar-refractivity contribution is 5.42. The summed E-state index contributed by atoms with van der Waals surface area (Å²) in [6, 6.07) is 5.64. The molecule has 3 nitrogen and oxygen atoms in total. The maximum Gasteiger partial charge on any atom is 0.123 e. The van der Waals surface area contributed by atoms with Gasteiger partial charge in [-0.1, -0.05) is 32.3 Å². The van der Waals surface area contributed by atoms with Gasteiger partial charge >= 0.3 is 0 Å². The van der Waals surface area contributed by atoms with E-state index < -0.39 is 0 Å². The van der Waals surface area contributed by atoms with Gasteiger partial charge in [0.25, 0.3) is 0 Å². The van der Waals surface area contributed by atoms with Crippen LogP contribution in [0.15, 0.2) is 18.2 Å². The van der Waals surface area contributed by atoms with Crippen LogP contribution < -0.4 is 4.74 Å². The van der Waals surface area contributed by atoms with E-state index >= 15 is 0 Å². The van der Waals surface area contributed by atoms with Crippen LogP contribution in [-0.4, -0.2) is 22.4 Å². The molecule has 0 amide bonds.